The van der Waals surface area contributed by atoms with Gasteiger partial charge in [0.2, 0.25) is 0 Å². The number of nitro benzene ring substituents is 1. The molecule has 1 aromatic carbocycles. The zero-order valence-corrected chi connectivity index (χ0v) is 10.9. The number of hydrogen-bond donors (Lipinski definition) is 1. The van der Waals surface area contributed by atoms with Gasteiger partial charge in [0.1, 0.15) is 0 Å². The molecule has 1 rings (SSSR count). The van der Waals surface area contributed by atoms with E-state index in [1.54, 1.807) is 12.1 Å². The number of non-ortho nitro benzene ring substituents is 1. The summed E-state index contributed by atoms with van der Waals surface area (Å²) >= 11 is 0. The summed E-state index contributed by atoms with van der Waals surface area (Å²) in [5.41, 5.74) is 0.806. The van der Waals surface area contributed by atoms with Gasteiger partial charge in [0.25, 0.3) is 5.69 Å². The lowest BCUT2D eigenvalue weighted by molar-refractivity contribution is -0.384. The minimum absolute atomic E-state index is 0.0461. The Hall–Kier alpha value is -1.95. The average Bonchev–Trinajstić information content (AvgIpc) is 2.39. The molecule has 0 aliphatic rings. The summed E-state index contributed by atoms with van der Waals surface area (Å²) in [6, 6.07) is 6.30. The van der Waals surface area contributed by atoms with Crippen LogP contribution in [0.4, 0.5) is 5.69 Å². The summed E-state index contributed by atoms with van der Waals surface area (Å²) in [6.07, 6.45) is 1.84. The fraction of sp³-hybridized carbons (Fsp3) is 0.462. The first-order valence-electron chi connectivity index (χ1n) is 6.23. The van der Waals surface area contributed by atoms with Crippen molar-refractivity contribution in [3.8, 4) is 0 Å². The molecule has 0 saturated carbocycles. The second-order valence-corrected chi connectivity index (χ2v) is 4.10. The monoisotopic (exact) mass is 266 g/mol. The van der Waals surface area contributed by atoms with E-state index in [-0.39, 0.29) is 18.2 Å². The van der Waals surface area contributed by atoms with E-state index in [2.05, 4.69) is 5.32 Å². The van der Waals surface area contributed by atoms with Crippen molar-refractivity contribution in [1.82, 2.24) is 5.32 Å². The van der Waals surface area contributed by atoms with Crippen LogP contribution in [0.15, 0.2) is 24.3 Å². The molecular weight excluding hydrogens is 248 g/mol. The van der Waals surface area contributed by atoms with E-state index >= 15 is 0 Å². The maximum absolute atomic E-state index is 11.3. The van der Waals surface area contributed by atoms with Gasteiger partial charge in [0.15, 0.2) is 0 Å². The van der Waals surface area contributed by atoms with E-state index in [0.717, 1.165) is 18.4 Å². The number of esters is 1. The van der Waals surface area contributed by atoms with Gasteiger partial charge in [0, 0.05) is 18.7 Å². The number of nitrogens with zero attached hydrogens (tertiary/aromatic N) is 1. The molecule has 0 amide bonds. The van der Waals surface area contributed by atoms with Crippen LogP contribution in [-0.4, -0.2) is 24.0 Å². The number of nitrogens with one attached hydrogen (secondary N) is 1. The van der Waals surface area contributed by atoms with Crippen molar-refractivity contribution < 1.29 is 14.5 Å². The summed E-state index contributed by atoms with van der Waals surface area (Å²) in [5, 5.41) is 13.5. The molecule has 1 N–H and O–H groups in total. The second-order valence-electron chi connectivity index (χ2n) is 4.10. The Balaban J connectivity index is 2.31. The lowest BCUT2D eigenvalue weighted by Gasteiger charge is -2.05. The van der Waals surface area contributed by atoms with Gasteiger partial charge in [-0.2, -0.15) is 0 Å². The summed E-state index contributed by atoms with van der Waals surface area (Å²) in [5.74, 6) is -0.307. The second kappa shape index (κ2) is 8.20. The highest BCUT2D eigenvalue weighted by atomic mass is 16.6. The Labute approximate surface area is 111 Å². The lowest BCUT2D eigenvalue weighted by Crippen LogP contribution is -2.24. The molecule has 6 nitrogen and oxygen atoms in total. The molecular formula is C13H18N2O4. The Kier molecular flexibility index (Phi) is 6.52. The van der Waals surface area contributed by atoms with Crippen LogP contribution in [0.5, 0.6) is 0 Å². The van der Waals surface area contributed by atoms with Crippen molar-refractivity contribution in [2.75, 3.05) is 13.2 Å². The number of hydrogen-bond acceptors (Lipinski definition) is 5. The van der Waals surface area contributed by atoms with Crippen LogP contribution < -0.4 is 5.32 Å². The first kappa shape index (κ1) is 15.1. The highest BCUT2D eigenvalue weighted by Gasteiger charge is 2.06. The number of ether oxygens (including phenoxy) is 1. The lowest BCUT2D eigenvalue weighted by atomic mass is 10.2. The van der Waals surface area contributed by atoms with E-state index in [1.807, 2.05) is 6.92 Å². The third-order valence-electron chi connectivity index (χ3n) is 2.48. The predicted octanol–water partition coefficient (Wildman–Crippen LogP) is 2.03. The minimum atomic E-state index is -0.442. The quantitative estimate of drug-likeness (QED) is 0.337. The molecule has 0 aliphatic carbocycles. The SMILES string of the molecule is CCCCOC(=O)CNCc1cccc([N+](=O)[O-])c1. The fourth-order valence-corrected chi connectivity index (χ4v) is 1.47. The number of benzene rings is 1. The highest BCUT2D eigenvalue weighted by molar-refractivity contribution is 5.71. The summed E-state index contributed by atoms with van der Waals surface area (Å²) in [6.45, 7) is 2.96. The molecule has 0 fully saturated rings. The molecule has 6 heteroatoms. The van der Waals surface area contributed by atoms with E-state index in [9.17, 15) is 14.9 Å². The summed E-state index contributed by atoms with van der Waals surface area (Å²) < 4.78 is 4.97. The van der Waals surface area contributed by atoms with Crippen LogP contribution in [-0.2, 0) is 16.1 Å². The number of rotatable bonds is 8. The third kappa shape index (κ3) is 5.96. The molecule has 0 heterocycles. The van der Waals surface area contributed by atoms with E-state index in [0.29, 0.717) is 13.2 Å². The Morgan fingerprint density at radius 3 is 2.95 bits per heavy atom. The van der Waals surface area contributed by atoms with Crippen molar-refractivity contribution in [3.63, 3.8) is 0 Å². The minimum Gasteiger partial charge on any atom is -0.465 e. The van der Waals surface area contributed by atoms with E-state index < -0.39 is 4.92 Å². The van der Waals surface area contributed by atoms with Crippen molar-refractivity contribution in [3.05, 3.63) is 39.9 Å². The molecule has 0 spiro atoms. The molecule has 104 valence electrons. The zero-order chi connectivity index (χ0) is 14.1. The molecule has 0 unspecified atom stereocenters. The number of carbonyl (C=O) groups excluding carboxylic acids is 1. The van der Waals surface area contributed by atoms with Gasteiger partial charge in [-0.25, -0.2) is 0 Å². The molecule has 19 heavy (non-hydrogen) atoms. The largest absolute Gasteiger partial charge is 0.465 e. The molecule has 0 atom stereocenters. The number of unbranched alkanes of at least 4 members (excludes halogenated alkanes) is 1. The van der Waals surface area contributed by atoms with Gasteiger partial charge in [-0.15, -0.1) is 0 Å². The standard InChI is InChI=1S/C13H18N2O4/c1-2-3-7-19-13(16)10-14-9-11-5-4-6-12(8-11)15(17)18/h4-6,8,14H,2-3,7,9-10H2,1H3. The highest BCUT2D eigenvalue weighted by Crippen LogP contribution is 2.12. The van der Waals surface area contributed by atoms with Crippen LogP contribution in [0.3, 0.4) is 0 Å². The fourth-order valence-electron chi connectivity index (χ4n) is 1.47. The Morgan fingerprint density at radius 2 is 2.26 bits per heavy atom. The predicted molar refractivity (Wildman–Crippen MR) is 70.7 cm³/mol. The van der Waals surface area contributed by atoms with Crippen LogP contribution in [0.2, 0.25) is 0 Å². The molecule has 0 aromatic heterocycles. The van der Waals surface area contributed by atoms with Gasteiger partial charge >= 0.3 is 5.97 Å². The van der Waals surface area contributed by atoms with Gasteiger partial charge in [-0.3, -0.25) is 14.9 Å². The van der Waals surface area contributed by atoms with Gasteiger partial charge in [-0.1, -0.05) is 25.5 Å². The summed E-state index contributed by atoms with van der Waals surface area (Å²) in [7, 11) is 0. The third-order valence-corrected chi connectivity index (χ3v) is 2.48. The maximum Gasteiger partial charge on any atom is 0.319 e. The van der Waals surface area contributed by atoms with Crippen LogP contribution in [0, 0.1) is 10.1 Å². The number of nitro groups is 1. The molecule has 0 saturated heterocycles. The molecule has 0 radical (unpaired) electrons. The van der Waals surface area contributed by atoms with Gasteiger partial charge < -0.3 is 10.1 Å². The van der Waals surface area contributed by atoms with Crippen LogP contribution in [0.1, 0.15) is 25.3 Å². The van der Waals surface area contributed by atoms with E-state index in [4.69, 9.17) is 4.74 Å². The van der Waals surface area contributed by atoms with Crippen LogP contribution in [0.25, 0.3) is 0 Å². The summed E-state index contributed by atoms with van der Waals surface area (Å²) in [4.78, 5) is 21.4. The van der Waals surface area contributed by atoms with E-state index in [1.165, 1.54) is 12.1 Å². The van der Waals surface area contributed by atoms with Crippen molar-refractivity contribution in [1.29, 1.82) is 0 Å². The van der Waals surface area contributed by atoms with Crippen molar-refractivity contribution >= 4 is 11.7 Å². The molecule has 0 aliphatic heterocycles. The first-order chi connectivity index (χ1) is 9.13. The molecule has 0 bridgehead atoms. The first-order valence-corrected chi connectivity index (χ1v) is 6.23. The Morgan fingerprint density at radius 1 is 1.47 bits per heavy atom. The smallest absolute Gasteiger partial charge is 0.319 e. The average molecular weight is 266 g/mol. The van der Waals surface area contributed by atoms with Crippen LogP contribution >= 0.6 is 0 Å². The Bertz CT molecular complexity index is 434. The normalized spacial score (nSPS) is 10.2. The van der Waals surface area contributed by atoms with Gasteiger partial charge in [0.05, 0.1) is 18.1 Å². The number of carbonyl (C=O) groups is 1. The molecule has 1 aromatic rings. The van der Waals surface area contributed by atoms with Crippen molar-refractivity contribution in [2.45, 2.75) is 26.3 Å². The topological polar surface area (TPSA) is 81.5 Å². The zero-order valence-electron chi connectivity index (χ0n) is 10.9. The van der Waals surface area contributed by atoms with Gasteiger partial charge in [-0.05, 0) is 12.0 Å². The maximum atomic E-state index is 11.3. The van der Waals surface area contributed by atoms with Crippen molar-refractivity contribution in [2.24, 2.45) is 0 Å².